The lowest BCUT2D eigenvalue weighted by Crippen LogP contribution is -2.15. The molecule has 0 saturated heterocycles. The zero-order valence-corrected chi connectivity index (χ0v) is 9.89. The standard InChI is InChI=1S/C15H15NO/c1-11-6-7-13(10-16-11)15-9-8-12-4-2-3-5-14(12)17-15/h2-7,10,15H,8-9H2,1H3. The van der Waals surface area contributed by atoms with Gasteiger partial charge in [-0.2, -0.15) is 0 Å². The Bertz CT molecular complexity index is 519. The fraction of sp³-hybridized carbons (Fsp3) is 0.267. The van der Waals surface area contributed by atoms with Crippen LogP contribution in [0, 0.1) is 6.92 Å². The molecule has 0 spiro atoms. The molecule has 1 aromatic heterocycles. The molecule has 0 radical (unpaired) electrons. The molecule has 0 aliphatic carbocycles. The summed E-state index contributed by atoms with van der Waals surface area (Å²) in [5.74, 6) is 1.02. The van der Waals surface area contributed by atoms with Crippen LogP contribution < -0.4 is 4.74 Å². The summed E-state index contributed by atoms with van der Waals surface area (Å²) in [4.78, 5) is 4.33. The van der Waals surface area contributed by atoms with Gasteiger partial charge in [0.1, 0.15) is 11.9 Å². The minimum absolute atomic E-state index is 0.151. The molecule has 2 aromatic rings. The zero-order valence-electron chi connectivity index (χ0n) is 9.89. The summed E-state index contributed by atoms with van der Waals surface area (Å²) in [6.07, 6.45) is 4.18. The highest BCUT2D eigenvalue weighted by molar-refractivity contribution is 5.36. The molecule has 1 unspecified atom stereocenters. The number of nitrogens with zero attached hydrogens (tertiary/aromatic N) is 1. The molecule has 17 heavy (non-hydrogen) atoms. The molecule has 1 atom stereocenters. The van der Waals surface area contributed by atoms with E-state index in [1.165, 1.54) is 11.1 Å². The van der Waals surface area contributed by atoms with E-state index in [2.05, 4.69) is 23.2 Å². The monoisotopic (exact) mass is 225 g/mol. The molecule has 0 fully saturated rings. The van der Waals surface area contributed by atoms with Crippen LogP contribution in [0.2, 0.25) is 0 Å². The lowest BCUT2D eigenvalue weighted by molar-refractivity contribution is 0.176. The van der Waals surface area contributed by atoms with Crippen molar-refractivity contribution in [3.8, 4) is 5.75 Å². The number of rotatable bonds is 1. The van der Waals surface area contributed by atoms with Gasteiger partial charge in [-0.25, -0.2) is 0 Å². The SMILES string of the molecule is Cc1ccc(C2CCc3ccccc3O2)cn1. The number of para-hydroxylation sites is 1. The molecule has 0 bridgehead atoms. The Balaban J connectivity index is 1.86. The molecule has 0 N–H and O–H groups in total. The maximum Gasteiger partial charge on any atom is 0.126 e. The van der Waals surface area contributed by atoms with Crippen LogP contribution in [0.15, 0.2) is 42.6 Å². The third-order valence-electron chi connectivity index (χ3n) is 3.22. The average molecular weight is 225 g/mol. The first-order chi connectivity index (χ1) is 8.33. The predicted molar refractivity (Wildman–Crippen MR) is 67.1 cm³/mol. The second kappa shape index (κ2) is 4.21. The summed E-state index contributed by atoms with van der Waals surface area (Å²) >= 11 is 0. The number of aromatic nitrogens is 1. The number of ether oxygens (including phenoxy) is 1. The molecule has 1 aliphatic heterocycles. The number of fused-ring (bicyclic) bond motifs is 1. The smallest absolute Gasteiger partial charge is 0.126 e. The largest absolute Gasteiger partial charge is 0.485 e. The first-order valence-electron chi connectivity index (χ1n) is 6.00. The molecular weight excluding hydrogens is 210 g/mol. The van der Waals surface area contributed by atoms with Crippen LogP contribution in [0.4, 0.5) is 0 Å². The van der Waals surface area contributed by atoms with Crippen LogP contribution in [-0.2, 0) is 6.42 Å². The first-order valence-corrected chi connectivity index (χ1v) is 6.00. The van der Waals surface area contributed by atoms with Crippen molar-refractivity contribution >= 4 is 0 Å². The number of pyridine rings is 1. The zero-order chi connectivity index (χ0) is 11.7. The molecule has 0 saturated carbocycles. The van der Waals surface area contributed by atoms with Gasteiger partial charge in [-0.05, 0) is 37.5 Å². The van der Waals surface area contributed by atoms with Gasteiger partial charge in [-0.15, -0.1) is 0 Å². The quantitative estimate of drug-likeness (QED) is 0.741. The minimum atomic E-state index is 0.151. The topological polar surface area (TPSA) is 22.1 Å². The van der Waals surface area contributed by atoms with Crippen molar-refractivity contribution in [2.45, 2.75) is 25.9 Å². The van der Waals surface area contributed by atoms with Crippen LogP contribution in [-0.4, -0.2) is 4.98 Å². The molecular formula is C15H15NO. The minimum Gasteiger partial charge on any atom is -0.485 e. The van der Waals surface area contributed by atoms with Crippen molar-refractivity contribution in [1.82, 2.24) is 4.98 Å². The van der Waals surface area contributed by atoms with E-state index >= 15 is 0 Å². The van der Waals surface area contributed by atoms with E-state index in [1.807, 2.05) is 31.3 Å². The van der Waals surface area contributed by atoms with Crippen LogP contribution in [0.25, 0.3) is 0 Å². The molecule has 86 valence electrons. The summed E-state index contributed by atoms with van der Waals surface area (Å²) in [7, 11) is 0. The number of hydrogen-bond donors (Lipinski definition) is 0. The van der Waals surface area contributed by atoms with Gasteiger partial charge in [0.2, 0.25) is 0 Å². The van der Waals surface area contributed by atoms with Gasteiger partial charge in [0.15, 0.2) is 0 Å². The first kappa shape index (κ1) is 10.3. The van der Waals surface area contributed by atoms with Gasteiger partial charge >= 0.3 is 0 Å². The molecule has 2 heteroatoms. The Labute approximate surface area is 101 Å². The molecule has 1 aliphatic rings. The normalized spacial score (nSPS) is 18.3. The van der Waals surface area contributed by atoms with Gasteiger partial charge < -0.3 is 4.74 Å². The van der Waals surface area contributed by atoms with Gasteiger partial charge in [0.05, 0.1) is 0 Å². The van der Waals surface area contributed by atoms with Crippen LogP contribution >= 0.6 is 0 Å². The molecule has 0 amide bonds. The molecule has 1 aromatic carbocycles. The summed E-state index contributed by atoms with van der Waals surface area (Å²) in [6.45, 7) is 2.00. The Morgan fingerprint density at radius 1 is 1.18 bits per heavy atom. The number of benzene rings is 1. The van der Waals surface area contributed by atoms with Crippen LogP contribution in [0.3, 0.4) is 0 Å². The third-order valence-corrected chi connectivity index (χ3v) is 3.22. The summed E-state index contributed by atoms with van der Waals surface area (Å²) in [5.41, 5.74) is 3.53. The van der Waals surface area contributed by atoms with E-state index < -0.39 is 0 Å². The second-order valence-corrected chi connectivity index (χ2v) is 4.49. The Kier molecular flexibility index (Phi) is 2.56. The fourth-order valence-electron chi connectivity index (χ4n) is 2.23. The Morgan fingerprint density at radius 3 is 2.88 bits per heavy atom. The van der Waals surface area contributed by atoms with Gasteiger partial charge in [-0.1, -0.05) is 24.3 Å². The van der Waals surface area contributed by atoms with Crippen LogP contribution in [0.1, 0.15) is 29.3 Å². The molecule has 3 rings (SSSR count). The van der Waals surface area contributed by atoms with Gasteiger partial charge in [0.25, 0.3) is 0 Å². The molecule has 2 heterocycles. The van der Waals surface area contributed by atoms with E-state index in [4.69, 9.17) is 4.74 Å². The number of aryl methyl sites for hydroxylation is 2. The predicted octanol–water partition coefficient (Wildman–Crippen LogP) is 3.46. The Morgan fingerprint density at radius 2 is 2.06 bits per heavy atom. The van der Waals surface area contributed by atoms with Gasteiger partial charge in [-0.3, -0.25) is 4.98 Å². The van der Waals surface area contributed by atoms with Crippen molar-refractivity contribution in [3.05, 3.63) is 59.4 Å². The molecule has 2 nitrogen and oxygen atoms in total. The highest BCUT2D eigenvalue weighted by Gasteiger charge is 2.20. The van der Waals surface area contributed by atoms with Crippen LogP contribution in [0.5, 0.6) is 5.75 Å². The summed E-state index contributed by atoms with van der Waals surface area (Å²) in [6, 6.07) is 12.4. The van der Waals surface area contributed by atoms with E-state index in [1.54, 1.807) is 0 Å². The van der Waals surface area contributed by atoms with Crippen molar-refractivity contribution in [1.29, 1.82) is 0 Å². The van der Waals surface area contributed by atoms with Crippen molar-refractivity contribution in [2.75, 3.05) is 0 Å². The van der Waals surface area contributed by atoms with E-state index in [-0.39, 0.29) is 6.10 Å². The van der Waals surface area contributed by atoms with Crippen molar-refractivity contribution in [2.24, 2.45) is 0 Å². The lowest BCUT2D eigenvalue weighted by Gasteiger charge is -2.26. The maximum atomic E-state index is 6.02. The lowest BCUT2D eigenvalue weighted by atomic mass is 9.98. The highest BCUT2D eigenvalue weighted by Crippen LogP contribution is 2.34. The van der Waals surface area contributed by atoms with E-state index in [0.717, 1.165) is 24.3 Å². The van der Waals surface area contributed by atoms with E-state index in [9.17, 15) is 0 Å². The maximum absolute atomic E-state index is 6.02. The van der Waals surface area contributed by atoms with Crippen molar-refractivity contribution in [3.63, 3.8) is 0 Å². The fourth-order valence-corrected chi connectivity index (χ4v) is 2.23. The van der Waals surface area contributed by atoms with Crippen molar-refractivity contribution < 1.29 is 4.74 Å². The average Bonchev–Trinajstić information content (AvgIpc) is 2.39. The second-order valence-electron chi connectivity index (χ2n) is 4.49. The van der Waals surface area contributed by atoms with Gasteiger partial charge in [0, 0.05) is 17.5 Å². The Hall–Kier alpha value is -1.83. The van der Waals surface area contributed by atoms with E-state index in [0.29, 0.717) is 0 Å². The number of hydrogen-bond acceptors (Lipinski definition) is 2. The summed E-state index contributed by atoms with van der Waals surface area (Å²) < 4.78 is 6.02. The summed E-state index contributed by atoms with van der Waals surface area (Å²) in [5, 5.41) is 0. The third kappa shape index (κ3) is 2.03. The highest BCUT2D eigenvalue weighted by atomic mass is 16.5.